The molecule has 0 amide bonds. The summed E-state index contributed by atoms with van der Waals surface area (Å²) < 4.78 is 11.8. The number of carbonyl (C=O) groups excluding carboxylic acids is 4. The highest BCUT2D eigenvalue weighted by atomic mass is 16.5. The molecule has 5 aromatic rings. The summed E-state index contributed by atoms with van der Waals surface area (Å²) in [6, 6.07) is 30.7. The Labute approximate surface area is 266 Å². The number of ketones is 4. The van der Waals surface area contributed by atoms with Gasteiger partial charge in [0.05, 0.1) is 5.69 Å². The second kappa shape index (κ2) is 12.6. The van der Waals surface area contributed by atoms with Crippen molar-refractivity contribution in [2.24, 2.45) is 4.99 Å². The van der Waals surface area contributed by atoms with E-state index in [1.807, 2.05) is 6.92 Å². The van der Waals surface area contributed by atoms with Crippen molar-refractivity contribution in [3.05, 3.63) is 148 Å². The first-order valence-corrected chi connectivity index (χ1v) is 14.7. The zero-order valence-corrected chi connectivity index (χ0v) is 25.5. The van der Waals surface area contributed by atoms with Crippen molar-refractivity contribution in [3.8, 4) is 23.0 Å². The van der Waals surface area contributed by atoms with Crippen LogP contribution in [0.25, 0.3) is 0 Å². The summed E-state index contributed by atoms with van der Waals surface area (Å²) >= 11 is 0. The predicted molar refractivity (Wildman–Crippen MR) is 176 cm³/mol. The van der Waals surface area contributed by atoms with Crippen LogP contribution in [0.15, 0.2) is 114 Å². The van der Waals surface area contributed by atoms with Crippen molar-refractivity contribution in [2.75, 3.05) is 0 Å². The zero-order chi connectivity index (χ0) is 32.4. The lowest BCUT2D eigenvalue weighted by atomic mass is 9.91. The Balaban J connectivity index is 1.23. The summed E-state index contributed by atoms with van der Waals surface area (Å²) in [4.78, 5) is 55.5. The maximum absolute atomic E-state index is 13.8. The molecule has 0 saturated heterocycles. The summed E-state index contributed by atoms with van der Waals surface area (Å²) in [5.41, 5.74) is 5.01. The van der Waals surface area contributed by atoms with E-state index in [0.717, 1.165) is 11.3 Å². The minimum atomic E-state index is -0.252. The fourth-order valence-electron chi connectivity index (χ4n) is 5.28. The number of rotatable bonds is 10. The van der Waals surface area contributed by atoms with Gasteiger partial charge >= 0.3 is 0 Å². The highest BCUT2D eigenvalue weighted by Crippen LogP contribution is 2.34. The second-order valence-corrected chi connectivity index (χ2v) is 11.1. The Morgan fingerprint density at radius 3 is 1.54 bits per heavy atom. The number of carbonyl (C=O) groups is 4. The Hall–Kier alpha value is -5.95. The number of nitrogens with zero attached hydrogens (tertiary/aromatic N) is 1. The number of ether oxygens (including phenoxy) is 2. The fourth-order valence-corrected chi connectivity index (χ4v) is 5.28. The molecule has 0 bridgehead atoms. The predicted octanol–water partition coefficient (Wildman–Crippen LogP) is 8.79. The van der Waals surface area contributed by atoms with Crippen LogP contribution in [-0.4, -0.2) is 28.8 Å². The summed E-state index contributed by atoms with van der Waals surface area (Å²) in [5.74, 6) is 1.48. The van der Waals surface area contributed by atoms with Crippen LogP contribution in [0.1, 0.15) is 78.9 Å². The van der Waals surface area contributed by atoms with Crippen molar-refractivity contribution in [1.29, 1.82) is 0 Å². The lowest BCUT2D eigenvalue weighted by Crippen LogP contribution is -2.09. The molecule has 0 atom stereocenters. The molecule has 0 spiro atoms. The number of aliphatic imine (C=N–C) groups is 1. The van der Waals surface area contributed by atoms with Gasteiger partial charge in [0.15, 0.2) is 23.1 Å². The third-order valence-electron chi connectivity index (χ3n) is 7.66. The largest absolute Gasteiger partial charge is 0.457 e. The van der Waals surface area contributed by atoms with Crippen LogP contribution in [0.2, 0.25) is 0 Å². The van der Waals surface area contributed by atoms with Crippen molar-refractivity contribution < 1.29 is 28.7 Å². The van der Waals surface area contributed by atoms with E-state index in [2.05, 4.69) is 4.99 Å². The van der Waals surface area contributed by atoms with Crippen LogP contribution >= 0.6 is 0 Å². The average molecular weight is 608 g/mol. The quantitative estimate of drug-likeness (QED) is 0.147. The topological polar surface area (TPSA) is 99.1 Å². The molecule has 0 radical (unpaired) electrons. The standard InChI is InChI=1S/C39H29NO6/c1-23-18-35-36(39(44)27-12-16-32(17-13-27)46-34-9-5-7-29(20-34)25(3)42)21-30(22-37(35)40-23)38(43)26-10-14-31(15-11-26)45-33-8-4-6-28(19-33)24(2)41/h4-17,19-22H,18H2,1-3H3. The van der Waals surface area contributed by atoms with Crippen LogP contribution in [0.4, 0.5) is 5.69 Å². The number of fused-ring (bicyclic) bond motifs is 1. The Bertz CT molecular complexity index is 2060. The minimum absolute atomic E-state index is 0.0573. The van der Waals surface area contributed by atoms with E-state index < -0.39 is 0 Å². The van der Waals surface area contributed by atoms with Gasteiger partial charge in [-0.15, -0.1) is 0 Å². The minimum Gasteiger partial charge on any atom is -0.457 e. The van der Waals surface area contributed by atoms with Crippen LogP contribution in [-0.2, 0) is 6.42 Å². The molecule has 1 heterocycles. The summed E-state index contributed by atoms with van der Waals surface area (Å²) in [6.45, 7) is 4.89. The van der Waals surface area contributed by atoms with Gasteiger partial charge in [-0.2, -0.15) is 0 Å². The first-order valence-electron chi connectivity index (χ1n) is 14.7. The molecule has 46 heavy (non-hydrogen) atoms. The van der Waals surface area contributed by atoms with Gasteiger partial charge in [0.2, 0.25) is 0 Å². The number of Topliss-reactive ketones (excluding diaryl/α,β-unsaturated/α-hetero) is 2. The van der Waals surface area contributed by atoms with Crippen molar-refractivity contribution in [3.63, 3.8) is 0 Å². The second-order valence-electron chi connectivity index (χ2n) is 11.1. The van der Waals surface area contributed by atoms with Crippen molar-refractivity contribution >= 4 is 34.5 Å². The third-order valence-corrected chi connectivity index (χ3v) is 7.66. The Kier molecular flexibility index (Phi) is 8.23. The molecule has 0 unspecified atom stereocenters. The van der Waals surface area contributed by atoms with Crippen LogP contribution < -0.4 is 9.47 Å². The van der Waals surface area contributed by atoms with Gasteiger partial charge in [-0.1, -0.05) is 24.3 Å². The maximum atomic E-state index is 13.8. The van der Waals surface area contributed by atoms with E-state index in [1.54, 1.807) is 109 Å². The molecule has 0 aromatic heterocycles. The van der Waals surface area contributed by atoms with E-state index in [1.165, 1.54) is 13.8 Å². The molecule has 5 aromatic carbocycles. The molecule has 0 N–H and O–H groups in total. The van der Waals surface area contributed by atoms with E-state index in [9.17, 15) is 19.2 Å². The van der Waals surface area contributed by atoms with Crippen LogP contribution in [0.5, 0.6) is 23.0 Å². The van der Waals surface area contributed by atoms with Gasteiger partial charge in [0, 0.05) is 45.5 Å². The van der Waals surface area contributed by atoms with Gasteiger partial charge in [-0.25, -0.2) is 0 Å². The van der Waals surface area contributed by atoms with Crippen molar-refractivity contribution in [1.82, 2.24) is 0 Å². The molecule has 0 saturated carbocycles. The Morgan fingerprint density at radius 2 is 1.04 bits per heavy atom. The van der Waals surface area contributed by atoms with Gasteiger partial charge in [-0.3, -0.25) is 24.2 Å². The van der Waals surface area contributed by atoms with Crippen LogP contribution in [0, 0.1) is 0 Å². The summed E-state index contributed by atoms with van der Waals surface area (Å²) in [5, 5.41) is 0. The molecular formula is C39H29NO6. The lowest BCUT2D eigenvalue weighted by molar-refractivity contribution is 0.100. The van der Waals surface area contributed by atoms with E-state index in [4.69, 9.17) is 9.47 Å². The van der Waals surface area contributed by atoms with E-state index in [0.29, 0.717) is 68.5 Å². The molecule has 0 fully saturated rings. The van der Waals surface area contributed by atoms with E-state index >= 15 is 0 Å². The van der Waals surface area contributed by atoms with Gasteiger partial charge < -0.3 is 9.47 Å². The summed E-state index contributed by atoms with van der Waals surface area (Å²) in [7, 11) is 0. The number of benzene rings is 5. The summed E-state index contributed by atoms with van der Waals surface area (Å²) in [6.07, 6.45) is 0.523. The first-order chi connectivity index (χ1) is 22.1. The fraction of sp³-hybridized carbons (Fsp3) is 0.103. The zero-order valence-electron chi connectivity index (χ0n) is 25.5. The molecule has 1 aliphatic heterocycles. The first kappa shape index (κ1) is 30.1. The van der Waals surface area contributed by atoms with E-state index in [-0.39, 0.29) is 23.1 Å². The molecule has 0 aliphatic carbocycles. The number of hydrogen-bond donors (Lipinski definition) is 0. The molecule has 7 nitrogen and oxygen atoms in total. The molecule has 1 aliphatic rings. The smallest absolute Gasteiger partial charge is 0.193 e. The van der Waals surface area contributed by atoms with Crippen LogP contribution in [0.3, 0.4) is 0 Å². The molecular weight excluding hydrogens is 578 g/mol. The number of hydrogen-bond acceptors (Lipinski definition) is 7. The van der Waals surface area contributed by atoms with Gasteiger partial charge in [-0.05, 0) is 111 Å². The van der Waals surface area contributed by atoms with Crippen molar-refractivity contribution in [2.45, 2.75) is 27.2 Å². The third kappa shape index (κ3) is 6.44. The SMILES string of the molecule is CC(=O)c1cccc(Oc2ccc(C(=O)c3cc4c(c(C(=O)c5ccc(Oc6cccc(C(C)=O)c6)cc5)c3)CC(C)=N4)cc2)c1. The molecule has 6 rings (SSSR count). The maximum Gasteiger partial charge on any atom is 0.193 e. The van der Waals surface area contributed by atoms with Gasteiger partial charge in [0.1, 0.15) is 23.0 Å². The molecule has 7 heteroatoms. The lowest BCUT2D eigenvalue weighted by Gasteiger charge is -2.12. The average Bonchev–Trinajstić information content (AvgIpc) is 3.44. The molecule has 226 valence electrons. The monoisotopic (exact) mass is 607 g/mol. The van der Waals surface area contributed by atoms with Gasteiger partial charge in [0.25, 0.3) is 0 Å². The normalized spacial score (nSPS) is 11.8. The highest BCUT2D eigenvalue weighted by molar-refractivity contribution is 6.16. The highest BCUT2D eigenvalue weighted by Gasteiger charge is 2.24. The Morgan fingerprint density at radius 1 is 0.543 bits per heavy atom.